The quantitative estimate of drug-likeness (QED) is 0.601. The standard InChI is InChI=1S/C11H19N2O3PS/c1-16-11(15)8-3-2-4-9-13(8)10(14)7(12-17)5-6-18-9/h7-9,12H,2-6,17H2,1H3/t7-,8-,9?/m0/s1. The van der Waals surface area contributed by atoms with E-state index in [1.165, 1.54) is 7.11 Å². The van der Waals surface area contributed by atoms with E-state index in [1.54, 1.807) is 16.7 Å². The minimum Gasteiger partial charge on any atom is -0.467 e. The molecule has 0 bridgehead atoms. The maximum Gasteiger partial charge on any atom is 0.328 e. The lowest BCUT2D eigenvalue weighted by atomic mass is 10.0. The third-order valence-corrected chi connectivity index (χ3v) is 5.24. The molecule has 1 N–H and O–H groups in total. The number of ether oxygens (including phenoxy) is 1. The fourth-order valence-corrected chi connectivity index (χ4v) is 4.27. The van der Waals surface area contributed by atoms with Crippen LogP contribution in [0.5, 0.6) is 0 Å². The Hall–Kier alpha value is -0.320. The highest BCUT2D eigenvalue weighted by Gasteiger charge is 2.42. The molecule has 0 spiro atoms. The van der Waals surface area contributed by atoms with E-state index in [-0.39, 0.29) is 23.3 Å². The van der Waals surface area contributed by atoms with Crippen LogP contribution in [0.1, 0.15) is 25.7 Å². The number of carbonyl (C=O) groups is 2. The average molecular weight is 290 g/mol. The summed E-state index contributed by atoms with van der Waals surface area (Å²) in [5.74, 6) is 0.667. The average Bonchev–Trinajstić information content (AvgIpc) is 2.57. The summed E-state index contributed by atoms with van der Waals surface area (Å²) in [5.41, 5.74) is 0. The third kappa shape index (κ3) is 2.65. The molecule has 2 aliphatic heterocycles. The summed E-state index contributed by atoms with van der Waals surface area (Å²) >= 11 is 1.77. The van der Waals surface area contributed by atoms with E-state index in [0.29, 0.717) is 6.42 Å². The van der Waals surface area contributed by atoms with Crippen LogP contribution in [0.4, 0.5) is 0 Å². The van der Waals surface area contributed by atoms with Crippen LogP contribution in [0, 0.1) is 0 Å². The number of esters is 1. The highest BCUT2D eigenvalue weighted by molar-refractivity contribution is 7.99. The van der Waals surface area contributed by atoms with Crippen molar-refractivity contribution in [2.24, 2.45) is 0 Å². The molecular weight excluding hydrogens is 271 g/mol. The molecule has 102 valence electrons. The second kappa shape index (κ2) is 6.22. The van der Waals surface area contributed by atoms with Gasteiger partial charge in [0.1, 0.15) is 6.04 Å². The molecule has 7 heteroatoms. The van der Waals surface area contributed by atoms with E-state index in [9.17, 15) is 9.59 Å². The van der Waals surface area contributed by atoms with Gasteiger partial charge in [-0.15, -0.1) is 11.8 Å². The predicted molar refractivity (Wildman–Crippen MR) is 74.0 cm³/mol. The normalized spacial score (nSPS) is 32.7. The van der Waals surface area contributed by atoms with Crippen molar-refractivity contribution in [3.63, 3.8) is 0 Å². The lowest BCUT2D eigenvalue weighted by Gasteiger charge is -2.40. The second-order valence-corrected chi connectivity index (χ2v) is 6.17. The van der Waals surface area contributed by atoms with E-state index < -0.39 is 6.04 Å². The molecule has 0 aromatic heterocycles. The Morgan fingerprint density at radius 2 is 2.28 bits per heavy atom. The summed E-state index contributed by atoms with van der Waals surface area (Å²) in [6.45, 7) is 0. The fourth-order valence-electron chi connectivity index (χ4n) is 2.57. The van der Waals surface area contributed by atoms with E-state index >= 15 is 0 Å². The van der Waals surface area contributed by atoms with Crippen molar-refractivity contribution in [1.82, 2.24) is 9.99 Å². The second-order valence-electron chi connectivity index (χ2n) is 4.55. The van der Waals surface area contributed by atoms with Crippen LogP contribution in [-0.2, 0) is 14.3 Å². The number of nitrogens with zero attached hydrogens (tertiary/aromatic N) is 1. The molecular formula is C11H19N2O3PS. The van der Waals surface area contributed by atoms with Gasteiger partial charge in [-0.3, -0.25) is 9.88 Å². The van der Waals surface area contributed by atoms with Gasteiger partial charge < -0.3 is 9.64 Å². The molecule has 0 aromatic carbocycles. The van der Waals surface area contributed by atoms with Crippen molar-refractivity contribution in [3.05, 3.63) is 0 Å². The molecule has 2 unspecified atom stereocenters. The number of hydrogen-bond donors (Lipinski definition) is 1. The topological polar surface area (TPSA) is 58.6 Å². The summed E-state index contributed by atoms with van der Waals surface area (Å²) < 4.78 is 4.83. The van der Waals surface area contributed by atoms with Gasteiger partial charge in [-0.05, 0) is 31.4 Å². The zero-order valence-electron chi connectivity index (χ0n) is 10.4. The predicted octanol–water partition coefficient (Wildman–Crippen LogP) is 0.752. The SMILES string of the molecule is COC(=O)[C@@H]1CCCC2SCC[C@H](NP)C(=O)N21. The lowest BCUT2D eigenvalue weighted by Crippen LogP contribution is -2.55. The van der Waals surface area contributed by atoms with Crippen LogP contribution in [-0.4, -0.2) is 47.1 Å². The van der Waals surface area contributed by atoms with Crippen LogP contribution in [0.2, 0.25) is 0 Å². The fraction of sp³-hybridized carbons (Fsp3) is 0.818. The Balaban J connectivity index is 2.23. The maximum absolute atomic E-state index is 12.5. The van der Waals surface area contributed by atoms with Crippen molar-refractivity contribution >= 4 is 33.0 Å². The molecule has 1 amide bonds. The van der Waals surface area contributed by atoms with Crippen LogP contribution in [0.15, 0.2) is 0 Å². The van der Waals surface area contributed by atoms with Crippen LogP contribution in [0.25, 0.3) is 0 Å². The number of fused-ring (bicyclic) bond motifs is 1. The van der Waals surface area contributed by atoms with E-state index in [1.807, 2.05) is 0 Å². The van der Waals surface area contributed by atoms with Gasteiger partial charge in [0.25, 0.3) is 0 Å². The van der Waals surface area contributed by atoms with Gasteiger partial charge >= 0.3 is 5.97 Å². The Morgan fingerprint density at radius 3 is 2.94 bits per heavy atom. The molecule has 0 radical (unpaired) electrons. The van der Waals surface area contributed by atoms with E-state index in [4.69, 9.17) is 4.74 Å². The summed E-state index contributed by atoms with van der Waals surface area (Å²) in [6, 6.07) is -0.620. The summed E-state index contributed by atoms with van der Waals surface area (Å²) in [6.07, 6.45) is 3.45. The largest absolute Gasteiger partial charge is 0.467 e. The lowest BCUT2D eigenvalue weighted by molar-refractivity contribution is -0.156. The molecule has 0 saturated carbocycles. The molecule has 0 aliphatic carbocycles. The van der Waals surface area contributed by atoms with Gasteiger partial charge in [-0.2, -0.15) is 0 Å². The van der Waals surface area contributed by atoms with Gasteiger partial charge in [0.2, 0.25) is 5.91 Å². The van der Waals surface area contributed by atoms with Crippen molar-refractivity contribution in [1.29, 1.82) is 0 Å². The first-order valence-electron chi connectivity index (χ1n) is 6.16. The van der Waals surface area contributed by atoms with Crippen LogP contribution in [0.3, 0.4) is 0 Å². The van der Waals surface area contributed by atoms with Crippen molar-refractivity contribution in [2.45, 2.75) is 43.1 Å². The highest BCUT2D eigenvalue weighted by atomic mass is 32.2. The van der Waals surface area contributed by atoms with Gasteiger partial charge in [0.15, 0.2) is 0 Å². The van der Waals surface area contributed by atoms with Gasteiger partial charge in [0, 0.05) is 0 Å². The molecule has 0 aromatic rings. The van der Waals surface area contributed by atoms with Crippen LogP contribution >= 0.6 is 21.2 Å². The summed E-state index contributed by atoms with van der Waals surface area (Å²) in [7, 11) is 3.78. The molecule has 5 nitrogen and oxygen atoms in total. The Bertz CT molecular complexity index is 342. The molecule has 2 saturated heterocycles. The molecule has 2 rings (SSSR count). The van der Waals surface area contributed by atoms with Crippen LogP contribution < -0.4 is 5.09 Å². The van der Waals surface area contributed by atoms with Gasteiger partial charge in [-0.25, -0.2) is 4.79 Å². The number of amides is 1. The maximum atomic E-state index is 12.5. The molecule has 18 heavy (non-hydrogen) atoms. The van der Waals surface area contributed by atoms with E-state index in [0.717, 1.165) is 25.0 Å². The number of hydrogen-bond acceptors (Lipinski definition) is 5. The van der Waals surface area contributed by atoms with Gasteiger partial charge in [-0.1, -0.05) is 9.39 Å². The Labute approximate surface area is 114 Å². The summed E-state index contributed by atoms with van der Waals surface area (Å²) in [5, 5.41) is 3.09. The smallest absolute Gasteiger partial charge is 0.328 e. The zero-order valence-corrected chi connectivity index (χ0v) is 12.4. The molecule has 2 aliphatic rings. The zero-order chi connectivity index (χ0) is 13.1. The molecule has 2 fully saturated rings. The third-order valence-electron chi connectivity index (χ3n) is 3.52. The molecule has 4 atom stereocenters. The molecule has 2 heterocycles. The highest BCUT2D eigenvalue weighted by Crippen LogP contribution is 2.34. The number of rotatable bonds is 2. The monoisotopic (exact) mass is 290 g/mol. The Morgan fingerprint density at radius 1 is 1.50 bits per heavy atom. The van der Waals surface area contributed by atoms with Crippen molar-refractivity contribution in [2.75, 3.05) is 12.9 Å². The summed E-state index contributed by atoms with van der Waals surface area (Å²) in [4.78, 5) is 26.0. The number of carbonyl (C=O) groups excluding carboxylic acids is 2. The minimum atomic E-state index is -0.410. The minimum absolute atomic E-state index is 0.0232. The number of thioether (sulfide) groups is 1. The number of piperidine rings is 1. The van der Waals surface area contributed by atoms with Crippen molar-refractivity contribution < 1.29 is 14.3 Å². The first-order chi connectivity index (χ1) is 8.69. The van der Waals surface area contributed by atoms with Crippen molar-refractivity contribution in [3.8, 4) is 0 Å². The number of methoxy groups -OCH3 is 1. The first-order valence-corrected chi connectivity index (χ1v) is 7.79. The number of nitrogens with one attached hydrogen (secondary N) is 1. The van der Waals surface area contributed by atoms with Gasteiger partial charge in [0.05, 0.1) is 18.5 Å². The van der Waals surface area contributed by atoms with E-state index in [2.05, 4.69) is 14.5 Å². The first kappa shape index (κ1) is 14.1. The Kier molecular flexibility index (Phi) is 4.87.